The predicted octanol–water partition coefficient (Wildman–Crippen LogP) is 6.81. The summed E-state index contributed by atoms with van der Waals surface area (Å²) >= 11 is 6.63. The number of likely N-dealkylation sites (tertiary alicyclic amines) is 1. The Bertz CT molecular complexity index is 1390. The van der Waals surface area contributed by atoms with Crippen LogP contribution < -0.4 is 16.4 Å². The number of carbonyl (C=O) groups is 1. The molecule has 5 N–H and O–H groups in total. The molecule has 8 nitrogen and oxygen atoms in total. The number of nitrogens with zero attached hydrogens (tertiary/aromatic N) is 3. The molecule has 0 atom stereocenters. The fourth-order valence-corrected chi connectivity index (χ4v) is 5.60. The molecule has 1 aliphatic heterocycles. The molecule has 1 aromatic heterocycles. The molecule has 5 rings (SSSR count). The largest absolute Gasteiger partial charge is 0.341 e. The smallest absolute Gasteiger partial charge is 0.242 e. The zero-order valence-electron chi connectivity index (χ0n) is 25.0. The first-order valence-corrected chi connectivity index (χ1v) is 15.4. The third kappa shape index (κ3) is 6.70. The molecule has 9 heteroatoms. The Kier molecular flexibility index (Phi) is 8.62. The van der Waals surface area contributed by atoms with Crippen molar-refractivity contribution in [3.05, 3.63) is 63.1 Å². The number of H-pyrrole nitrogens is 1. The molecule has 220 valence electrons. The van der Waals surface area contributed by atoms with E-state index in [1.165, 1.54) is 24.0 Å². The second kappa shape index (κ2) is 12.0. The number of aromatic nitrogens is 2. The summed E-state index contributed by atoms with van der Waals surface area (Å²) in [6, 6.07) is 6.57. The van der Waals surface area contributed by atoms with Gasteiger partial charge in [0.2, 0.25) is 5.91 Å². The number of nitrogens with two attached hydrogens (primary N) is 1. The van der Waals surface area contributed by atoms with E-state index >= 15 is 0 Å². The highest BCUT2D eigenvalue weighted by atomic mass is 35.5. The molecule has 2 heterocycles. The van der Waals surface area contributed by atoms with Crippen molar-refractivity contribution in [2.45, 2.75) is 96.9 Å². The lowest BCUT2D eigenvalue weighted by Crippen LogP contribution is -2.48. The molecule has 3 fully saturated rings. The average Bonchev–Trinajstić information content (AvgIpc) is 3.91. The van der Waals surface area contributed by atoms with Crippen molar-refractivity contribution in [3.63, 3.8) is 0 Å². The number of aryl methyl sites for hydroxylation is 2. The Morgan fingerprint density at radius 3 is 2.46 bits per heavy atom. The van der Waals surface area contributed by atoms with Crippen LogP contribution in [0.15, 0.2) is 45.7 Å². The predicted molar refractivity (Wildman–Crippen MR) is 168 cm³/mol. The second-order valence-electron chi connectivity index (χ2n) is 12.1. The van der Waals surface area contributed by atoms with Crippen LogP contribution in [0.5, 0.6) is 0 Å². The van der Waals surface area contributed by atoms with Gasteiger partial charge in [-0.1, -0.05) is 30.7 Å². The summed E-state index contributed by atoms with van der Waals surface area (Å²) in [4.78, 5) is 19.7. The molecular weight excluding hydrogens is 534 g/mol. The fraction of sp³-hybridized carbons (Fsp3) is 0.531. The SMILES string of the molecule is C\C=C(Cl)/C(=N\C(Nc1cc(C)c(C2CCN(C(=O)C3(N)CC3)CC2)cc1C)=C(/C)CC)Nc1cc(C2CC2)[nH]n1. The summed E-state index contributed by atoms with van der Waals surface area (Å²) in [5.41, 5.74) is 12.7. The lowest BCUT2D eigenvalue weighted by Gasteiger charge is -2.34. The van der Waals surface area contributed by atoms with Crippen molar-refractivity contribution in [3.8, 4) is 0 Å². The van der Waals surface area contributed by atoms with Gasteiger partial charge in [0.05, 0.1) is 10.6 Å². The number of anilines is 2. The van der Waals surface area contributed by atoms with Crippen molar-refractivity contribution < 1.29 is 4.79 Å². The van der Waals surface area contributed by atoms with Gasteiger partial charge in [-0.05, 0) is 107 Å². The summed E-state index contributed by atoms with van der Waals surface area (Å²) < 4.78 is 0. The maximum absolute atomic E-state index is 12.7. The van der Waals surface area contributed by atoms with Crippen molar-refractivity contribution in [2.24, 2.45) is 10.7 Å². The Hall–Kier alpha value is -3.10. The second-order valence-corrected chi connectivity index (χ2v) is 12.5. The van der Waals surface area contributed by atoms with E-state index in [4.69, 9.17) is 22.3 Å². The first-order chi connectivity index (χ1) is 19.6. The molecule has 1 saturated heterocycles. The highest BCUT2D eigenvalue weighted by Gasteiger charge is 2.48. The number of aromatic amines is 1. The number of allylic oxidation sites excluding steroid dienone is 2. The molecule has 2 saturated carbocycles. The minimum absolute atomic E-state index is 0.136. The number of hydrogen-bond donors (Lipinski definition) is 4. The highest BCUT2D eigenvalue weighted by molar-refractivity contribution is 6.45. The van der Waals surface area contributed by atoms with Crippen LogP contribution in [0, 0.1) is 13.8 Å². The Balaban J connectivity index is 1.33. The molecule has 0 unspecified atom stereocenters. The number of carbonyl (C=O) groups excluding carboxylic acids is 1. The number of benzene rings is 1. The highest BCUT2D eigenvalue weighted by Crippen LogP contribution is 2.40. The molecule has 2 aromatic rings. The van der Waals surface area contributed by atoms with E-state index in [-0.39, 0.29) is 5.91 Å². The Morgan fingerprint density at radius 2 is 1.85 bits per heavy atom. The van der Waals surface area contributed by atoms with E-state index in [1.54, 1.807) is 0 Å². The molecule has 0 bridgehead atoms. The van der Waals surface area contributed by atoms with Crippen LogP contribution >= 0.6 is 11.6 Å². The summed E-state index contributed by atoms with van der Waals surface area (Å²) in [6.07, 6.45) is 8.66. The third-order valence-corrected chi connectivity index (χ3v) is 9.20. The lowest BCUT2D eigenvalue weighted by molar-refractivity contribution is -0.134. The van der Waals surface area contributed by atoms with Gasteiger partial charge in [0.25, 0.3) is 0 Å². The van der Waals surface area contributed by atoms with Crippen molar-refractivity contribution >= 4 is 34.8 Å². The Morgan fingerprint density at radius 1 is 1.15 bits per heavy atom. The minimum atomic E-state index is -0.582. The molecule has 2 aliphatic carbocycles. The normalized spacial score (nSPS) is 20.1. The van der Waals surface area contributed by atoms with Gasteiger partial charge in [0.1, 0.15) is 5.82 Å². The zero-order chi connectivity index (χ0) is 29.3. The molecule has 0 radical (unpaired) electrons. The van der Waals surface area contributed by atoms with Gasteiger partial charge in [-0.15, -0.1) is 0 Å². The third-order valence-electron chi connectivity index (χ3n) is 8.80. The number of amides is 1. The van der Waals surface area contributed by atoms with Crippen LogP contribution in [-0.4, -0.2) is 45.5 Å². The van der Waals surface area contributed by atoms with E-state index in [9.17, 15) is 4.79 Å². The number of hydrogen-bond acceptors (Lipinski definition) is 5. The topological polar surface area (TPSA) is 111 Å². The summed E-state index contributed by atoms with van der Waals surface area (Å²) in [7, 11) is 0. The number of amidine groups is 1. The van der Waals surface area contributed by atoms with E-state index < -0.39 is 5.54 Å². The summed E-state index contributed by atoms with van der Waals surface area (Å²) in [5.74, 6) is 3.19. The number of nitrogens with one attached hydrogen (secondary N) is 3. The number of aliphatic imine (C=N–C) groups is 1. The van der Waals surface area contributed by atoms with Crippen LogP contribution in [0.25, 0.3) is 0 Å². The van der Waals surface area contributed by atoms with Crippen LogP contribution in [0.3, 0.4) is 0 Å². The fourth-order valence-electron chi connectivity index (χ4n) is 5.51. The molecule has 41 heavy (non-hydrogen) atoms. The summed E-state index contributed by atoms with van der Waals surface area (Å²) in [6.45, 7) is 12.0. The zero-order valence-corrected chi connectivity index (χ0v) is 25.8. The maximum atomic E-state index is 12.7. The quantitative estimate of drug-likeness (QED) is 0.193. The monoisotopic (exact) mass is 577 g/mol. The van der Waals surface area contributed by atoms with Gasteiger partial charge >= 0.3 is 0 Å². The van der Waals surface area contributed by atoms with Gasteiger partial charge < -0.3 is 21.3 Å². The first-order valence-electron chi connectivity index (χ1n) is 15.0. The number of rotatable bonds is 9. The van der Waals surface area contributed by atoms with Crippen molar-refractivity contribution in [1.82, 2.24) is 15.1 Å². The molecule has 3 aliphatic rings. The van der Waals surface area contributed by atoms with E-state index in [1.807, 2.05) is 24.0 Å². The van der Waals surface area contributed by atoms with E-state index in [0.717, 1.165) is 73.5 Å². The van der Waals surface area contributed by atoms with E-state index in [0.29, 0.717) is 28.5 Å². The molecule has 0 spiro atoms. The van der Waals surface area contributed by atoms with Crippen LogP contribution in [0.4, 0.5) is 11.5 Å². The lowest BCUT2D eigenvalue weighted by atomic mass is 9.85. The van der Waals surface area contributed by atoms with Gasteiger partial charge in [0, 0.05) is 36.5 Å². The van der Waals surface area contributed by atoms with Gasteiger partial charge in [-0.2, -0.15) is 5.10 Å². The average molecular weight is 578 g/mol. The summed E-state index contributed by atoms with van der Waals surface area (Å²) in [5, 5.41) is 15.0. The van der Waals surface area contributed by atoms with Gasteiger partial charge in [-0.25, -0.2) is 4.99 Å². The van der Waals surface area contributed by atoms with Crippen LogP contribution in [0.1, 0.15) is 99.9 Å². The minimum Gasteiger partial charge on any atom is -0.341 e. The van der Waals surface area contributed by atoms with Crippen molar-refractivity contribution in [1.29, 1.82) is 0 Å². The van der Waals surface area contributed by atoms with Crippen LogP contribution in [0.2, 0.25) is 0 Å². The number of piperidine rings is 1. The van der Waals surface area contributed by atoms with Gasteiger partial charge in [-0.3, -0.25) is 9.89 Å². The molecule has 1 aromatic carbocycles. The van der Waals surface area contributed by atoms with Gasteiger partial charge in [0.15, 0.2) is 11.7 Å². The maximum Gasteiger partial charge on any atom is 0.242 e. The standard InChI is InChI=1S/C32H44ClN7O/c1-6-19(3)29(37-30(25(33)7-2)36-28-18-27(38-39-28)23-8-9-23)35-26-17-20(4)24(16-21(26)5)22-10-14-40(15-11-22)31(41)32(34)12-13-32/h7,16-18,22-23,35H,6,8-15,34H2,1-5H3,(H2,36,37,38,39)/b25-7+,29-19+. The Labute approximate surface area is 248 Å². The van der Waals surface area contributed by atoms with Crippen LogP contribution in [-0.2, 0) is 4.79 Å². The first kappa shape index (κ1) is 29.4. The number of halogens is 1. The van der Waals surface area contributed by atoms with E-state index in [2.05, 4.69) is 60.7 Å². The molecule has 1 amide bonds. The molecular formula is C32H44ClN7O. The van der Waals surface area contributed by atoms with Crippen molar-refractivity contribution in [2.75, 3.05) is 23.7 Å².